The molecule has 0 amide bonds. The Hall–Kier alpha value is -2.37. The number of aromatic nitrogens is 2. The van der Waals surface area contributed by atoms with Gasteiger partial charge in [0.05, 0.1) is 20.8 Å². The second kappa shape index (κ2) is 5.99. The number of para-hydroxylation sites is 1. The quantitative estimate of drug-likeness (QED) is 0.827. The van der Waals surface area contributed by atoms with Gasteiger partial charge in [0.25, 0.3) is 0 Å². The number of ether oxygens (including phenoxy) is 3. The van der Waals surface area contributed by atoms with Crippen molar-refractivity contribution in [1.82, 2.24) is 10.2 Å². The summed E-state index contributed by atoms with van der Waals surface area (Å²) >= 11 is 0. The number of benzene rings is 1. The number of nitrogens with one attached hydrogen (secondary N) is 1. The van der Waals surface area contributed by atoms with E-state index in [9.17, 15) is 0 Å². The highest BCUT2D eigenvalue weighted by atomic mass is 16.5. The molecule has 3 N–H and O–H groups in total. The third-order valence-corrected chi connectivity index (χ3v) is 2.65. The topological polar surface area (TPSA) is 82.4 Å². The molecule has 0 atom stereocenters. The molecule has 0 aliphatic rings. The van der Waals surface area contributed by atoms with Gasteiger partial charge in [0.2, 0.25) is 5.75 Å². The maximum absolute atomic E-state index is 5.72. The Kier molecular flexibility index (Phi) is 4.12. The van der Waals surface area contributed by atoms with E-state index >= 15 is 0 Å². The molecule has 1 heterocycles. The molecule has 0 aliphatic heterocycles. The van der Waals surface area contributed by atoms with Crippen molar-refractivity contribution in [2.75, 3.05) is 26.6 Å². The number of aromatic amines is 1. The molecule has 0 fully saturated rings. The molecule has 0 bridgehead atoms. The smallest absolute Gasteiger partial charge is 0.203 e. The molecule has 19 heavy (non-hydrogen) atoms. The van der Waals surface area contributed by atoms with E-state index in [1.807, 2.05) is 18.2 Å². The highest BCUT2D eigenvalue weighted by Crippen LogP contribution is 2.36. The minimum atomic E-state index is 0.471. The number of nitrogens with two attached hydrogens (primary N) is 1. The Morgan fingerprint density at radius 3 is 2.42 bits per heavy atom. The lowest BCUT2D eigenvalue weighted by molar-refractivity contribution is 0.276. The SMILES string of the molecule is COc1cccc(OC)c1OCCc1cc(N)n[nH]1. The fourth-order valence-corrected chi connectivity index (χ4v) is 1.73. The van der Waals surface area contributed by atoms with Crippen molar-refractivity contribution in [2.45, 2.75) is 6.42 Å². The zero-order chi connectivity index (χ0) is 13.7. The van der Waals surface area contributed by atoms with Gasteiger partial charge in [-0.25, -0.2) is 0 Å². The highest BCUT2D eigenvalue weighted by molar-refractivity contribution is 5.51. The molecular formula is C13H17N3O3. The number of methoxy groups -OCH3 is 2. The van der Waals surface area contributed by atoms with E-state index in [-0.39, 0.29) is 0 Å². The van der Waals surface area contributed by atoms with E-state index in [1.54, 1.807) is 20.3 Å². The van der Waals surface area contributed by atoms with E-state index in [4.69, 9.17) is 19.9 Å². The van der Waals surface area contributed by atoms with Gasteiger partial charge in [0.15, 0.2) is 11.5 Å². The summed E-state index contributed by atoms with van der Waals surface area (Å²) in [6.45, 7) is 0.471. The summed E-state index contributed by atoms with van der Waals surface area (Å²) in [4.78, 5) is 0. The number of nitrogen functional groups attached to an aromatic ring is 1. The van der Waals surface area contributed by atoms with Gasteiger partial charge in [-0.3, -0.25) is 5.10 Å². The van der Waals surface area contributed by atoms with Crippen molar-refractivity contribution < 1.29 is 14.2 Å². The lowest BCUT2D eigenvalue weighted by Crippen LogP contribution is -2.04. The molecule has 1 aromatic heterocycles. The number of rotatable bonds is 6. The van der Waals surface area contributed by atoms with Crippen LogP contribution in [0.3, 0.4) is 0 Å². The Bertz CT molecular complexity index is 517. The van der Waals surface area contributed by atoms with Crippen LogP contribution in [0.2, 0.25) is 0 Å². The second-order valence-corrected chi connectivity index (χ2v) is 3.91. The van der Waals surface area contributed by atoms with Crippen LogP contribution in [-0.2, 0) is 6.42 Å². The van der Waals surface area contributed by atoms with Crippen molar-refractivity contribution >= 4 is 5.82 Å². The fourth-order valence-electron chi connectivity index (χ4n) is 1.73. The van der Waals surface area contributed by atoms with Crippen LogP contribution in [0.25, 0.3) is 0 Å². The van der Waals surface area contributed by atoms with Crippen LogP contribution in [0.5, 0.6) is 17.2 Å². The van der Waals surface area contributed by atoms with Gasteiger partial charge >= 0.3 is 0 Å². The number of nitrogens with zero attached hydrogens (tertiary/aromatic N) is 1. The average Bonchev–Trinajstić information content (AvgIpc) is 2.84. The maximum Gasteiger partial charge on any atom is 0.203 e. The van der Waals surface area contributed by atoms with E-state index in [0.717, 1.165) is 5.69 Å². The molecule has 2 aromatic rings. The van der Waals surface area contributed by atoms with Gasteiger partial charge in [-0.15, -0.1) is 0 Å². The fraction of sp³-hybridized carbons (Fsp3) is 0.308. The molecule has 1 aromatic carbocycles. The molecule has 0 radical (unpaired) electrons. The summed E-state index contributed by atoms with van der Waals surface area (Å²) < 4.78 is 16.2. The van der Waals surface area contributed by atoms with E-state index < -0.39 is 0 Å². The summed E-state index contributed by atoms with van der Waals surface area (Å²) in [5.41, 5.74) is 6.45. The van der Waals surface area contributed by atoms with Crippen LogP contribution in [0, 0.1) is 0 Å². The highest BCUT2D eigenvalue weighted by Gasteiger charge is 2.11. The van der Waals surface area contributed by atoms with Crippen LogP contribution in [0.15, 0.2) is 24.3 Å². The first-order valence-corrected chi connectivity index (χ1v) is 5.88. The Balaban J connectivity index is 2.02. The molecular weight excluding hydrogens is 246 g/mol. The van der Waals surface area contributed by atoms with Gasteiger partial charge in [0.1, 0.15) is 5.82 Å². The number of hydrogen-bond donors (Lipinski definition) is 2. The summed E-state index contributed by atoms with van der Waals surface area (Å²) in [6, 6.07) is 7.28. The predicted molar refractivity (Wildman–Crippen MR) is 71.7 cm³/mol. The van der Waals surface area contributed by atoms with Crippen LogP contribution >= 0.6 is 0 Å². The van der Waals surface area contributed by atoms with E-state index in [0.29, 0.717) is 36.1 Å². The van der Waals surface area contributed by atoms with E-state index in [1.165, 1.54) is 0 Å². The molecule has 0 saturated heterocycles. The lowest BCUT2D eigenvalue weighted by Gasteiger charge is -2.13. The summed E-state index contributed by atoms with van der Waals surface area (Å²) in [6.07, 6.45) is 0.672. The number of anilines is 1. The lowest BCUT2D eigenvalue weighted by atomic mass is 10.3. The van der Waals surface area contributed by atoms with Crippen molar-refractivity contribution in [1.29, 1.82) is 0 Å². The normalized spacial score (nSPS) is 10.2. The van der Waals surface area contributed by atoms with Crippen molar-refractivity contribution in [3.8, 4) is 17.2 Å². The molecule has 6 nitrogen and oxygen atoms in total. The summed E-state index contributed by atoms with van der Waals surface area (Å²) in [5, 5.41) is 6.69. The molecule has 2 rings (SSSR count). The maximum atomic E-state index is 5.72. The van der Waals surface area contributed by atoms with Crippen molar-refractivity contribution in [3.63, 3.8) is 0 Å². The third kappa shape index (κ3) is 3.09. The molecule has 0 spiro atoms. The molecule has 102 valence electrons. The van der Waals surface area contributed by atoms with Gasteiger partial charge in [-0.05, 0) is 12.1 Å². The Labute approximate surface area is 111 Å². The number of hydrogen-bond acceptors (Lipinski definition) is 5. The summed E-state index contributed by atoms with van der Waals surface area (Å²) in [7, 11) is 3.19. The average molecular weight is 263 g/mol. The number of H-pyrrole nitrogens is 1. The monoisotopic (exact) mass is 263 g/mol. The van der Waals surface area contributed by atoms with Gasteiger partial charge in [-0.1, -0.05) is 6.07 Å². The predicted octanol–water partition coefficient (Wildman–Crippen LogP) is 1.63. The molecule has 0 aliphatic carbocycles. The first kappa shape index (κ1) is 13.1. The largest absolute Gasteiger partial charge is 0.493 e. The van der Waals surface area contributed by atoms with Crippen LogP contribution in [-0.4, -0.2) is 31.0 Å². The Morgan fingerprint density at radius 1 is 1.21 bits per heavy atom. The van der Waals surface area contributed by atoms with Crippen molar-refractivity contribution in [2.24, 2.45) is 0 Å². The van der Waals surface area contributed by atoms with Crippen LogP contribution in [0.1, 0.15) is 5.69 Å². The molecule has 0 saturated carbocycles. The first-order chi connectivity index (χ1) is 9.24. The van der Waals surface area contributed by atoms with Crippen molar-refractivity contribution in [3.05, 3.63) is 30.0 Å². The minimum Gasteiger partial charge on any atom is -0.493 e. The first-order valence-electron chi connectivity index (χ1n) is 5.88. The zero-order valence-electron chi connectivity index (χ0n) is 11.0. The zero-order valence-corrected chi connectivity index (χ0v) is 11.0. The minimum absolute atomic E-state index is 0.471. The summed E-state index contributed by atoms with van der Waals surface area (Å²) in [5.74, 6) is 2.36. The molecule has 0 unspecified atom stereocenters. The van der Waals surface area contributed by atoms with Gasteiger partial charge in [-0.2, -0.15) is 5.10 Å². The Morgan fingerprint density at radius 2 is 1.89 bits per heavy atom. The molecule has 6 heteroatoms. The van der Waals surface area contributed by atoms with E-state index in [2.05, 4.69) is 10.2 Å². The standard InChI is InChI=1S/C13H17N3O3/c1-17-10-4-3-5-11(18-2)13(10)19-7-6-9-8-12(14)16-15-9/h3-5,8H,6-7H2,1-2H3,(H3,14,15,16). The van der Waals surface area contributed by atoms with Crippen LogP contribution < -0.4 is 19.9 Å². The second-order valence-electron chi connectivity index (χ2n) is 3.91. The van der Waals surface area contributed by atoms with Gasteiger partial charge in [0, 0.05) is 18.2 Å². The van der Waals surface area contributed by atoms with Crippen LogP contribution in [0.4, 0.5) is 5.82 Å². The van der Waals surface area contributed by atoms with Gasteiger partial charge < -0.3 is 19.9 Å². The third-order valence-electron chi connectivity index (χ3n) is 2.65.